The van der Waals surface area contributed by atoms with Crippen LogP contribution < -0.4 is 15.8 Å². The fourth-order valence-corrected chi connectivity index (χ4v) is 5.20. The molecular formula is C25H25FN4O4S. The molecule has 182 valence electrons. The van der Waals surface area contributed by atoms with Crippen molar-refractivity contribution in [2.75, 3.05) is 16.6 Å². The normalized spacial score (nSPS) is 16.1. The summed E-state index contributed by atoms with van der Waals surface area (Å²) in [6.45, 7) is 1.16. The highest BCUT2D eigenvalue weighted by Gasteiger charge is 2.29. The van der Waals surface area contributed by atoms with E-state index in [9.17, 15) is 22.4 Å². The Morgan fingerprint density at radius 3 is 2.46 bits per heavy atom. The van der Waals surface area contributed by atoms with E-state index in [4.69, 9.17) is 5.73 Å². The van der Waals surface area contributed by atoms with Crippen molar-refractivity contribution in [2.24, 2.45) is 5.73 Å². The summed E-state index contributed by atoms with van der Waals surface area (Å²) in [5, 5.41) is 2.83. The first kappa shape index (κ1) is 24.4. The third-order valence-corrected chi connectivity index (χ3v) is 7.22. The second-order valence-electron chi connectivity index (χ2n) is 8.26. The molecule has 0 spiro atoms. The number of carbonyl (C=O) groups is 2. The molecule has 1 aliphatic rings. The van der Waals surface area contributed by atoms with Crippen molar-refractivity contribution in [3.05, 3.63) is 89.7 Å². The third-order valence-electron chi connectivity index (χ3n) is 5.86. The molecule has 1 saturated heterocycles. The second kappa shape index (κ2) is 10.2. The summed E-state index contributed by atoms with van der Waals surface area (Å²) in [6, 6.07) is 17.8. The molecule has 0 bridgehead atoms. The van der Waals surface area contributed by atoms with Gasteiger partial charge in [-0.15, -0.1) is 0 Å². The Hall–Kier alpha value is -3.76. The summed E-state index contributed by atoms with van der Waals surface area (Å²) in [7, 11) is -4.12. The maximum absolute atomic E-state index is 13.9. The van der Waals surface area contributed by atoms with Crippen molar-refractivity contribution in [2.45, 2.75) is 30.3 Å². The molecule has 2 amide bonds. The van der Waals surface area contributed by atoms with E-state index in [0.717, 1.165) is 24.6 Å². The number of likely N-dealkylation sites (tertiary alicyclic amines) is 1. The molecule has 10 heteroatoms. The van der Waals surface area contributed by atoms with Crippen LogP contribution in [-0.2, 0) is 21.4 Å². The average Bonchev–Trinajstić information content (AvgIpc) is 3.30. The number of sulfonamides is 1. The van der Waals surface area contributed by atoms with E-state index in [1.54, 1.807) is 12.1 Å². The van der Waals surface area contributed by atoms with Gasteiger partial charge in [-0.05, 0) is 61.3 Å². The van der Waals surface area contributed by atoms with Crippen molar-refractivity contribution in [3.63, 3.8) is 0 Å². The summed E-state index contributed by atoms with van der Waals surface area (Å²) < 4.78 is 41.7. The minimum Gasteiger partial charge on any atom is -0.368 e. The third kappa shape index (κ3) is 5.67. The molecule has 1 heterocycles. The number of hydrogen-bond donors (Lipinski definition) is 3. The van der Waals surface area contributed by atoms with Crippen LogP contribution in [0.5, 0.6) is 0 Å². The van der Waals surface area contributed by atoms with Gasteiger partial charge in [0.05, 0.1) is 16.6 Å². The maximum Gasteiger partial charge on any atom is 0.262 e. The molecule has 0 aromatic heterocycles. The molecule has 3 aromatic carbocycles. The molecular weight excluding hydrogens is 471 g/mol. The summed E-state index contributed by atoms with van der Waals surface area (Å²) >= 11 is 0. The Morgan fingerprint density at radius 1 is 1.00 bits per heavy atom. The lowest BCUT2D eigenvalue weighted by Crippen LogP contribution is -2.39. The lowest BCUT2D eigenvalue weighted by atomic mass is 10.1. The molecule has 1 atom stereocenters. The van der Waals surface area contributed by atoms with Crippen LogP contribution in [0.3, 0.4) is 0 Å². The molecule has 1 fully saturated rings. The Bertz CT molecular complexity index is 1360. The van der Waals surface area contributed by atoms with E-state index >= 15 is 0 Å². The zero-order valence-electron chi connectivity index (χ0n) is 18.8. The monoisotopic (exact) mass is 496 g/mol. The van der Waals surface area contributed by atoms with Crippen molar-refractivity contribution in [1.82, 2.24) is 4.90 Å². The number of nitrogens with zero attached hydrogens (tertiary/aromatic N) is 1. The fourth-order valence-electron chi connectivity index (χ4n) is 4.08. The van der Waals surface area contributed by atoms with Gasteiger partial charge >= 0.3 is 0 Å². The molecule has 35 heavy (non-hydrogen) atoms. The predicted molar refractivity (Wildman–Crippen MR) is 131 cm³/mol. The molecule has 1 aliphatic heterocycles. The number of amides is 2. The van der Waals surface area contributed by atoms with E-state index in [-0.39, 0.29) is 28.1 Å². The SMILES string of the molecule is NC(=O)C1CCCN1Cc1ccccc1NC(=O)c1cccc(S(=O)(=O)Nc2ccccc2F)c1. The van der Waals surface area contributed by atoms with E-state index in [2.05, 4.69) is 10.0 Å². The van der Waals surface area contributed by atoms with Crippen molar-refractivity contribution >= 4 is 33.2 Å². The number of rotatable bonds is 8. The first-order valence-electron chi connectivity index (χ1n) is 11.0. The van der Waals surface area contributed by atoms with Crippen LogP contribution in [0, 0.1) is 5.82 Å². The van der Waals surface area contributed by atoms with Crippen molar-refractivity contribution < 1.29 is 22.4 Å². The number of anilines is 2. The standard InChI is InChI=1S/C25H25FN4O4S/c26-20-10-2-4-12-22(20)29-35(33,34)19-9-5-8-17(15-19)25(32)28-21-11-3-1-7-18(21)16-30-14-6-13-23(30)24(27)31/h1-5,7-12,15,23,29H,6,13-14,16H2,(H2,27,31)(H,28,32). The topological polar surface area (TPSA) is 122 Å². The number of primary amides is 1. The van der Waals surface area contributed by atoms with Crippen LogP contribution in [-0.4, -0.2) is 37.7 Å². The van der Waals surface area contributed by atoms with Gasteiger partial charge in [0, 0.05) is 17.8 Å². The molecule has 3 aromatic rings. The number of halogens is 1. The number of carbonyl (C=O) groups excluding carboxylic acids is 2. The van der Waals surface area contributed by atoms with Gasteiger partial charge < -0.3 is 11.1 Å². The number of nitrogens with two attached hydrogens (primary N) is 1. The number of para-hydroxylation sites is 2. The van der Waals surface area contributed by atoms with E-state index in [1.165, 1.54) is 42.5 Å². The largest absolute Gasteiger partial charge is 0.368 e. The summed E-state index contributed by atoms with van der Waals surface area (Å²) in [6.07, 6.45) is 1.57. The maximum atomic E-state index is 13.9. The zero-order chi connectivity index (χ0) is 25.0. The van der Waals surface area contributed by atoms with Gasteiger partial charge in [0.2, 0.25) is 5.91 Å². The molecule has 8 nitrogen and oxygen atoms in total. The van der Waals surface area contributed by atoms with Crippen LogP contribution in [0.1, 0.15) is 28.8 Å². The first-order chi connectivity index (χ1) is 16.7. The lowest BCUT2D eigenvalue weighted by Gasteiger charge is -2.23. The first-order valence-corrected chi connectivity index (χ1v) is 12.5. The van der Waals surface area contributed by atoms with E-state index in [1.807, 2.05) is 17.0 Å². The average molecular weight is 497 g/mol. The van der Waals surface area contributed by atoms with Gasteiger partial charge in [-0.3, -0.25) is 19.2 Å². The number of benzene rings is 3. The Labute approximate surface area is 203 Å². The Balaban J connectivity index is 1.52. The van der Waals surface area contributed by atoms with Gasteiger partial charge in [-0.25, -0.2) is 12.8 Å². The highest BCUT2D eigenvalue weighted by atomic mass is 32.2. The van der Waals surface area contributed by atoms with E-state index in [0.29, 0.717) is 18.7 Å². The molecule has 1 unspecified atom stereocenters. The van der Waals surface area contributed by atoms with Crippen LogP contribution >= 0.6 is 0 Å². The van der Waals surface area contributed by atoms with Gasteiger partial charge in [0.25, 0.3) is 15.9 Å². The number of nitrogens with one attached hydrogen (secondary N) is 2. The van der Waals surface area contributed by atoms with Crippen LogP contribution in [0.15, 0.2) is 77.7 Å². The van der Waals surface area contributed by atoms with Crippen LogP contribution in [0.2, 0.25) is 0 Å². The molecule has 0 radical (unpaired) electrons. The Morgan fingerprint density at radius 2 is 1.71 bits per heavy atom. The summed E-state index contributed by atoms with van der Waals surface area (Å²) in [5.74, 6) is -1.59. The molecule has 0 saturated carbocycles. The zero-order valence-corrected chi connectivity index (χ0v) is 19.6. The molecule has 4 N–H and O–H groups in total. The minimum absolute atomic E-state index is 0.118. The predicted octanol–water partition coefficient (Wildman–Crippen LogP) is 3.33. The number of hydrogen-bond acceptors (Lipinski definition) is 5. The lowest BCUT2D eigenvalue weighted by molar-refractivity contribution is -0.122. The van der Waals surface area contributed by atoms with Gasteiger partial charge in [-0.2, -0.15) is 0 Å². The molecule has 4 rings (SSSR count). The second-order valence-corrected chi connectivity index (χ2v) is 9.94. The molecule has 0 aliphatic carbocycles. The highest BCUT2D eigenvalue weighted by Crippen LogP contribution is 2.25. The fraction of sp³-hybridized carbons (Fsp3) is 0.200. The van der Waals surface area contributed by atoms with Gasteiger partial charge in [0.1, 0.15) is 5.82 Å². The summed E-state index contributed by atoms with van der Waals surface area (Å²) in [5.41, 5.74) is 6.80. The summed E-state index contributed by atoms with van der Waals surface area (Å²) in [4.78, 5) is 26.5. The Kier molecular flexibility index (Phi) is 7.13. The van der Waals surface area contributed by atoms with Crippen molar-refractivity contribution in [1.29, 1.82) is 0 Å². The van der Waals surface area contributed by atoms with Gasteiger partial charge in [-0.1, -0.05) is 36.4 Å². The highest BCUT2D eigenvalue weighted by molar-refractivity contribution is 7.92. The quantitative estimate of drug-likeness (QED) is 0.442. The van der Waals surface area contributed by atoms with Crippen molar-refractivity contribution in [3.8, 4) is 0 Å². The van der Waals surface area contributed by atoms with Gasteiger partial charge in [0.15, 0.2) is 0 Å². The van der Waals surface area contributed by atoms with Crippen LogP contribution in [0.25, 0.3) is 0 Å². The van der Waals surface area contributed by atoms with Crippen LogP contribution in [0.4, 0.5) is 15.8 Å². The van der Waals surface area contributed by atoms with E-state index < -0.39 is 21.7 Å². The minimum atomic E-state index is -4.12. The smallest absolute Gasteiger partial charge is 0.262 e.